The molecule has 0 aliphatic heterocycles. The van der Waals surface area contributed by atoms with Crippen LogP contribution in [-0.4, -0.2) is 65.5 Å². The molecule has 0 saturated heterocycles. The number of hydrogen-bond acceptors (Lipinski definition) is 5. The van der Waals surface area contributed by atoms with E-state index < -0.39 is 0 Å². The summed E-state index contributed by atoms with van der Waals surface area (Å²) in [5.74, 6) is 2.29. The van der Waals surface area contributed by atoms with Crippen LogP contribution >= 0.6 is 0 Å². The van der Waals surface area contributed by atoms with E-state index in [1.165, 1.54) is 218 Å². The van der Waals surface area contributed by atoms with Crippen LogP contribution in [0.15, 0.2) is 0 Å². The number of carbonyl (C=O) groups is 2. The number of carbonyl (C=O) groups excluding carboxylic acids is 2. The summed E-state index contributed by atoms with van der Waals surface area (Å²) in [6.45, 7) is 12.0. The highest BCUT2D eigenvalue weighted by Gasteiger charge is 2.10. The average molecular weight is 796 g/mol. The third kappa shape index (κ3) is 53.2. The van der Waals surface area contributed by atoms with Crippen LogP contribution in [0.2, 0.25) is 0 Å². The summed E-state index contributed by atoms with van der Waals surface area (Å²) in [5, 5.41) is 0. The average Bonchev–Trinajstić information content (AvgIpc) is 3.19. The maximum atomic E-state index is 10.5. The number of methoxy groups -OCH3 is 2. The van der Waals surface area contributed by atoms with Crippen LogP contribution in [0, 0.1) is 17.8 Å². The summed E-state index contributed by atoms with van der Waals surface area (Å²) in [4.78, 5) is 23.3. The van der Waals surface area contributed by atoms with E-state index in [0.29, 0.717) is 11.8 Å². The van der Waals surface area contributed by atoms with Crippen LogP contribution in [0.1, 0.15) is 252 Å². The second kappa shape index (κ2) is 54.2. The van der Waals surface area contributed by atoms with Crippen molar-refractivity contribution in [3.05, 3.63) is 0 Å². The van der Waals surface area contributed by atoms with E-state index in [4.69, 9.17) is 9.47 Å². The first kappa shape index (κ1) is 59.5. The molecule has 0 radical (unpaired) electrons. The number of ether oxygens (including phenoxy) is 2. The van der Waals surface area contributed by atoms with Crippen LogP contribution in [0.4, 0.5) is 0 Å². The van der Waals surface area contributed by atoms with Crippen molar-refractivity contribution in [3.8, 4) is 0 Å². The first-order valence-corrected chi connectivity index (χ1v) is 24.9. The van der Waals surface area contributed by atoms with Crippen molar-refractivity contribution in [2.75, 3.05) is 48.1 Å². The molecule has 0 amide bonds. The van der Waals surface area contributed by atoms with Crippen LogP contribution in [0.3, 0.4) is 0 Å². The van der Waals surface area contributed by atoms with Gasteiger partial charge in [-0.2, -0.15) is 0 Å². The molecule has 0 atom stereocenters. The van der Waals surface area contributed by atoms with Gasteiger partial charge in [-0.1, -0.05) is 220 Å². The van der Waals surface area contributed by atoms with E-state index in [-0.39, 0.29) is 0 Å². The lowest BCUT2D eigenvalue weighted by Gasteiger charge is -2.19. The fourth-order valence-electron chi connectivity index (χ4n) is 7.76. The molecule has 0 aromatic heterocycles. The Morgan fingerprint density at radius 1 is 0.375 bits per heavy atom. The Hall–Kier alpha value is -0.780. The molecule has 5 heteroatoms. The summed E-state index contributed by atoms with van der Waals surface area (Å²) < 4.78 is 10.2. The zero-order valence-electron chi connectivity index (χ0n) is 39.8. The zero-order chi connectivity index (χ0) is 42.0. The van der Waals surface area contributed by atoms with Gasteiger partial charge in [-0.3, -0.25) is 0 Å². The van der Waals surface area contributed by atoms with Gasteiger partial charge in [0.15, 0.2) is 0 Å². The third-order valence-corrected chi connectivity index (χ3v) is 11.6. The van der Waals surface area contributed by atoms with Crippen molar-refractivity contribution >= 4 is 12.6 Å². The SMILES string of the molecule is CCCCCC(CC=O)CCCCC.CCCCCC(CC=O)CCCCC.COCCCCCCCCCC(CCCCCCCCCOC)CCN(C)C. The molecule has 0 aliphatic carbocycles. The molecule has 0 heterocycles. The van der Waals surface area contributed by atoms with Crippen molar-refractivity contribution in [2.45, 2.75) is 252 Å². The van der Waals surface area contributed by atoms with Crippen molar-refractivity contribution in [2.24, 2.45) is 17.8 Å². The normalized spacial score (nSPS) is 11.3. The minimum absolute atomic E-state index is 0.672. The molecule has 0 bridgehead atoms. The van der Waals surface area contributed by atoms with Gasteiger partial charge in [-0.15, -0.1) is 0 Å². The molecule has 0 N–H and O–H groups in total. The lowest BCUT2D eigenvalue weighted by molar-refractivity contribution is -0.109. The standard InChI is InChI=1S/C25H53NO2.2C13H26O/c1-26(2)22-21-25(19-15-11-7-5-9-13-17-23-27-3)20-16-12-8-6-10-14-18-24-28-4;2*1-3-5-7-9-13(11-12-14)10-8-6-4-2/h25H,5-24H2,1-4H3;2*12-13H,3-11H2,1-2H3. The number of unbranched alkanes of at least 4 members (excludes halogenated alkanes) is 20. The summed E-state index contributed by atoms with van der Waals surface area (Å²) >= 11 is 0. The van der Waals surface area contributed by atoms with Gasteiger partial charge in [0.05, 0.1) is 0 Å². The number of aldehydes is 2. The molecule has 0 rings (SSSR count). The highest BCUT2D eigenvalue weighted by molar-refractivity contribution is 5.49. The first-order valence-electron chi connectivity index (χ1n) is 24.9. The Bertz CT molecular complexity index is 629. The van der Waals surface area contributed by atoms with E-state index in [1.54, 1.807) is 14.2 Å². The van der Waals surface area contributed by atoms with Gasteiger partial charge in [0.25, 0.3) is 0 Å². The molecule has 0 aromatic carbocycles. The Kier molecular flexibility index (Phi) is 57.6. The third-order valence-electron chi connectivity index (χ3n) is 11.6. The maximum absolute atomic E-state index is 10.5. The van der Waals surface area contributed by atoms with Gasteiger partial charge >= 0.3 is 0 Å². The molecular weight excluding hydrogens is 691 g/mol. The second-order valence-corrected chi connectivity index (χ2v) is 17.5. The Morgan fingerprint density at radius 2 is 0.643 bits per heavy atom. The van der Waals surface area contributed by atoms with Gasteiger partial charge in [-0.05, 0) is 57.7 Å². The van der Waals surface area contributed by atoms with E-state index in [1.807, 2.05) is 0 Å². The minimum atomic E-state index is 0.672. The predicted octanol–water partition coefficient (Wildman–Crippen LogP) is 15.8. The van der Waals surface area contributed by atoms with Gasteiger partial charge in [0.1, 0.15) is 12.6 Å². The van der Waals surface area contributed by atoms with E-state index in [9.17, 15) is 9.59 Å². The molecule has 0 fully saturated rings. The Balaban J connectivity index is -0.000000839. The first-order chi connectivity index (χ1) is 27.4. The van der Waals surface area contributed by atoms with E-state index in [2.05, 4.69) is 46.7 Å². The fraction of sp³-hybridized carbons (Fsp3) is 0.961. The largest absolute Gasteiger partial charge is 0.385 e. The zero-order valence-corrected chi connectivity index (χ0v) is 39.8. The summed E-state index contributed by atoms with van der Waals surface area (Å²) in [7, 11) is 8.03. The molecule has 56 heavy (non-hydrogen) atoms. The fourth-order valence-corrected chi connectivity index (χ4v) is 7.76. The molecular formula is C51H105NO4. The molecule has 0 saturated carbocycles. The lowest BCUT2D eigenvalue weighted by Crippen LogP contribution is -2.17. The van der Waals surface area contributed by atoms with Crippen LogP contribution in [-0.2, 0) is 19.1 Å². The maximum Gasteiger partial charge on any atom is 0.120 e. The molecule has 0 unspecified atom stereocenters. The molecule has 0 aliphatic rings. The van der Waals surface area contributed by atoms with Crippen LogP contribution < -0.4 is 0 Å². The molecule has 0 aromatic rings. The summed E-state index contributed by atoms with van der Waals surface area (Å²) in [5.41, 5.74) is 0. The highest BCUT2D eigenvalue weighted by atomic mass is 16.5. The van der Waals surface area contributed by atoms with Crippen molar-refractivity contribution in [1.29, 1.82) is 0 Å². The summed E-state index contributed by atoms with van der Waals surface area (Å²) in [6.07, 6.45) is 48.1. The van der Waals surface area contributed by atoms with Gasteiger partial charge in [0.2, 0.25) is 0 Å². The van der Waals surface area contributed by atoms with Gasteiger partial charge < -0.3 is 24.0 Å². The van der Waals surface area contributed by atoms with Crippen molar-refractivity contribution in [3.63, 3.8) is 0 Å². The quantitative estimate of drug-likeness (QED) is 0.0454. The summed E-state index contributed by atoms with van der Waals surface area (Å²) in [6, 6.07) is 0. The highest BCUT2D eigenvalue weighted by Crippen LogP contribution is 2.23. The molecule has 0 spiro atoms. The predicted molar refractivity (Wildman–Crippen MR) is 249 cm³/mol. The van der Waals surface area contributed by atoms with Gasteiger partial charge in [-0.25, -0.2) is 0 Å². The monoisotopic (exact) mass is 796 g/mol. The lowest BCUT2D eigenvalue weighted by atomic mass is 9.91. The van der Waals surface area contributed by atoms with Crippen molar-refractivity contribution < 1.29 is 19.1 Å². The molecule has 338 valence electrons. The number of hydrogen-bond donors (Lipinski definition) is 0. The topological polar surface area (TPSA) is 55.8 Å². The number of rotatable bonds is 43. The van der Waals surface area contributed by atoms with Crippen LogP contribution in [0.25, 0.3) is 0 Å². The minimum Gasteiger partial charge on any atom is -0.385 e. The van der Waals surface area contributed by atoms with E-state index >= 15 is 0 Å². The smallest absolute Gasteiger partial charge is 0.120 e. The van der Waals surface area contributed by atoms with Crippen LogP contribution in [0.5, 0.6) is 0 Å². The van der Waals surface area contributed by atoms with Crippen molar-refractivity contribution in [1.82, 2.24) is 4.90 Å². The molecule has 5 nitrogen and oxygen atoms in total. The van der Waals surface area contributed by atoms with E-state index in [0.717, 1.165) is 44.5 Å². The second-order valence-electron chi connectivity index (χ2n) is 17.5. The Labute approximate surface area is 353 Å². The van der Waals surface area contributed by atoms with Gasteiger partial charge in [0, 0.05) is 40.3 Å². The number of nitrogens with zero attached hydrogens (tertiary/aromatic N) is 1. The Morgan fingerprint density at radius 3 is 0.911 bits per heavy atom.